The molecular weight excluding hydrogens is 527 g/mol. The molecule has 11 heteroatoms. The number of Topliss-reactive ketones (excluding diaryl/α,β-unsaturated/α-hetero) is 1. The number of aliphatic hydroxyl groups is 1. The highest BCUT2D eigenvalue weighted by Crippen LogP contribution is 2.46. The Labute approximate surface area is 220 Å². The zero-order valence-electron chi connectivity index (χ0n) is 19.6. The van der Waals surface area contributed by atoms with Gasteiger partial charge in [0.05, 0.1) is 31.5 Å². The average Bonchev–Trinajstić information content (AvgIpc) is 3.34. The summed E-state index contributed by atoms with van der Waals surface area (Å²) in [6.45, 7) is 3.38. The molecule has 3 aromatic rings. The molecule has 0 aliphatic carbocycles. The highest BCUT2D eigenvalue weighted by Gasteiger charge is 2.49. The van der Waals surface area contributed by atoms with E-state index in [9.17, 15) is 19.5 Å². The lowest BCUT2D eigenvalue weighted by molar-refractivity contribution is -0.132. The Morgan fingerprint density at radius 1 is 1.11 bits per heavy atom. The maximum atomic E-state index is 13.3. The number of methoxy groups -OCH3 is 2. The maximum Gasteiger partial charge on any atom is 0.350 e. The van der Waals surface area contributed by atoms with E-state index in [2.05, 4.69) is 4.98 Å². The third kappa shape index (κ3) is 4.34. The molecule has 4 rings (SSSR count). The number of halogens is 2. The van der Waals surface area contributed by atoms with Gasteiger partial charge in [-0.05, 0) is 55.3 Å². The van der Waals surface area contributed by atoms with E-state index in [4.69, 9.17) is 32.7 Å². The second-order valence-corrected chi connectivity index (χ2v) is 9.74. The average molecular weight is 547 g/mol. The van der Waals surface area contributed by atoms with Gasteiger partial charge in [-0.15, -0.1) is 0 Å². The van der Waals surface area contributed by atoms with Crippen LogP contribution in [0.3, 0.4) is 0 Å². The van der Waals surface area contributed by atoms with Gasteiger partial charge in [-0.2, -0.15) is 0 Å². The fourth-order valence-corrected chi connectivity index (χ4v) is 5.52. The van der Waals surface area contributed by atoms with Crippen LogP contribution in [0.15, 0.2) is 42.0 Å². The van der Waals surface area contributed by atoms with Crippen LogP contribution in [0.5, 0.6) is 5.75 Å². The first-order valence-corrected chi connectivity index (χ1v) is 12.1. The number of esters is 1. The SMILES string of the molecule is COC(=O)c1sc(N2C(=O)C(=O)/C(=C(/O)c3ccc(OC)c(C)c3)[C@H]2c2ccc(Cl)cc2Cl)nc1C. The van der Waals surface area contributed by atoms with Crippen molar-refractivity contribution in [3.8, 4) is 5.75 Å². The number of hydrogen-bond acceptors (Lipinski definition) is 8. The zero-order valence-corrected chi connectivity index (χ0v) is 21.9. The summed E-state index contributed by atoms with van der Waals surface area (Å²) in [7, 11) is 2.76. The minimum Gasteiger partial charge on any atom is -0.507 e. The van der Waals surface area contributed by atoms with E-state index in [0.717, 1.165) is 21.8 Å². The van der Waals surface area contributed by atoms with Gasteiger partial charge >= 0.3 is 11.9 Å². The molecule has 8 nitrogen and oxygen atoms in total. The molecule has 1 saturated heterocycles. The molecule has 2 aromatic carbocycles. The Morgan fingerprint density at radius 3 is 2.44 bits per heavy atom. The second-order valence-electron chi connectivity index (χ2n) is 7.92. The molecule has 0 saturated carbocycles. The monoisotopic (exact) mass is 546 g/mol. The molecule has 1 N–H and O–H groups in total. The Bertz CT molecular complexity index is 1450. The van der Waals surface area contributed by atoms with E-state index in [1.807, 2.05) is 0 Å². The van der Waals surface area contributed by atoms with Gasteiger partial charge in [0.1, 0.15) is 16.4 Å². The van der Waals surface area contributed by atoms with Crippen molar-refractivity contribution in [3.63, 3.8) is 0 Å². The van der Waals surface area contributed by atoms with Crippen molar-refractivity contribution in [1.82, 2.24) is 4.98 Å². The number of carbonyl (C=O) groups excluding carboxylic acids is 3. The maximum absolute atomic E-state index is 13.3. The van der Waals surface area contributed by atoms with Gasteiger partial charge in [0, 0.05) is 15.6 Å². The Morgan fingerprint density at radius 2 is 1.83 bits per heavy atom. The number of anilines is 1. The third-order valence-corrected chi connectivity index (χ3v) is 7.43. The second kappa shape index (κ2) is 9.93. The number of nitrogens with zero attached hydrogens (tertiary/aromatic N) is 2. The van der Waals surface area contributed by atoms with Crippen LogP contribution in [0.25, 0.3) is 5.76 Å². The largest absolute Gasteiger partial charge is 0.507 e. The predicted molar refractivity (Wildman–Crippen MR) is 137 cm³/mol. The predicted octanol–water partition coefficient (Wildman–Crippen LogP) is 5.49. The number of rotatable bonds is 5. The van der Waals surface area contributed by atoms with Crippen LogP contribution in [0, 0.1) is 13.8 Å². The van der Waals surface area contributed by atoms with Crippen molar-refractivity contribution in [2.45, 2.75) is 19.9 Å². The van der Waals surface area contributed by atoms with E-state index in [1.54, 1.807) is 44.2 Å². The normalized spacial score (nSPS) is 16.9. The van der Waals surface area contributed by atoms with Crippen molar-refractivity contribution in [2.24, 2.45) is 0 Å². The molecule has 1 aliphatic heterocycles. The zero-order chi connectivity index (χ0) is 26.3. The number of ketones is 1. The number of amides is 1. The standard InChI is InChI=1S/C25H20Cl2N2O6S/c1-11-9-13(5-8-17(11)34-3)20(30)18-19(15-7-6-14(26)10-16(15)27)29(23(32)21(18)31)25-28-12(2)22(36-25)24(33)35-4/h5-10,19,30H,1-4H3/b20-18+/t19-/m1/s1. The summed E-state index contributed by atoms with van der Waals surface area (Å²) in [4.78, 5) is 44.5. The van der Waals surface area contributed by atoms with Crippen LogP contribution in [0.4, 0.5) is 5.13 Å². The van der Waals surface area contributed by atoms with Crippen molar-refractivity contribution < 1.29 is 29.0 Å². The van der Waals surface area contributed by atoms with Gasteiger partial charge in [-0.25, -0.2) is 9.78 Å². The molecule has 2 heterocycles. The van der Waals surface area contributed by atoms with Crippen LogP contribution in [0.2, 0.25) is 10.0 Å². The molecule has 1 aliphatic rings. The molecule has 36 heavy (non-hydrogen) atoms. The molecule has 0 radical (unpaired) electrons. The number of aromatic nitrogens is 1. The molecule has 0 spiro atoms. The molecule has 0 unspecified atom stereocenters. The summed E-state index contributed by atoms with van der Waals surface area (Å²) < 4.78 is 10.1. The highest BCUT2D eigenvalue weighted by atomic mass is 35.5. The van der Waals surface area contributed by atoms with Crippen molar-refractivity contribution in [3.05, 3.63) is 79.3 Å². The summed E-state index contributed by atoms with van der Waals surface area (Å²) in [5.41, 5.74) is 1.53. The Balaban J connectivity index is 1.97. The van der Waals surface area contributed by atoms with Crippen LogP contribution in [-0.4, -0.2) is 42.0 Å². The first kappa shape index (κ1) is 25.7. The number of thiazole rings is 1. The molecular formula is C25H20Cl2N2O6S. The molecule has 1 atom stereocenters. The van der Waals surface area contributed by atoms with E-state index in [-0.39, 0.29) is 26.4 Å². The van der Waals surface area contributed by atoms with Gasteiger partial charge in [0.2, 0.25) is 0 Å². The van der Waals surface area contributed by atoms with Gasteiger partial charge < -0.3 is 14.6 Å². The third-order valence-electron chi connectivity index (χ3n) is 5.73. The summed E-state index contributed by atoms with van der Waals surface area (Å²) >= 11 is 13.5. The highest BCUT2D eigenvalue weighted by molar-refractivity contribution is 7.17. The Hall–Kier alpha value is -3.40. The number of ether oxygens (including phenoxy) is 2. The number of aryl methyl sites for hydroxylation is 2. The smallest absolute Gasteiger partial charge is 0.350 e. The Kier molecular flexibility index (Phi) is 7.08. The number of hydrogen-bond donors (Lipinski definition) is 1. The summed E-state index contributed by atoms with van der Waals surface area (Å²) in [5.74, 6) is -2.27. The minimum absolute atomic E-state index is 0.0796. The number of benzene rings is 2. The fourth-order valence-electron chi connectivity index (χ4n) is 4.00. The topological polar surface area (TPSA) is 106 Å². The van der Waals surface area contributed by atoms with Crippen LogP contribution in [-0.2, 0) is 14.3 Å². The molecule has 1 amide bonds. The van der Waals surface area contributed by atoms with Crippen molar-refractivity contribution in [1.29, 1.82) is 0 Å². The van der Waals surface area contributed by atoms with Gasteiger partial charge in [-0.3, -0.25) is 14.5 Å². The fraction of sp³-hybridized carbons (Fsp3) is 0.200. The van der Waals surface area contributed by atoms with Gasteiger partial charge in [0.25, 0.3) is 5.78 Å². The lowest BCUT2D eigenvalue weighted by Gasteiger charge is -2.24. The van der Waals surface area contributed by atoms with Crippen LogP contribution < -0.4 is 9.64 Å². The van der Waals surface area contributed by atoms with Gasteiger partial charge in [0.15, 0.2) is 5.13 Å². The lowest BCUT2D eigenvalue weighted by atomic mass is 9.95. The van der Waals surface area contributed by atoms with E-state index in [1.165, 1.54) is 20.3 Å². The molecule has 186 valence electrons. The van der Waals surface area contributed by atoms with E-state index in [0.29, 0.717) is 27.6 Å². The number of aliphatic hydroxyl groups excluding tert-OH is 1. The number of carbonyl (C=O) groups is 3. The van der Waals surface area contributed by atoms with E-state index < -0.39 is 23.7 Å². The first-order chi connectivity index (χ1) is 17.1. The van der Waals surface area contributed by atoms with Crippen LogP contribution >= 0.6 is 34.5 Å². The molecule has 1 fully saturated rings. The summed E-state index contributed by atoms with van der Waals surface area (Å²) in [6, 6.07) is 8.35. The van der Waals surface area contributed by atoms with Gasteiger partial charge in [-0.1, -0.05) is 40.6 Å². The van der Waals surface area contributed by atoms with Crippen molar-refractivity contribution in [2.75, 3.05) is 19.1 Å². The quantitative estimate of drug-likeness (QED) is 0.195. The molecule has 1 aromatic heterocycles. The first-order valence-electron chi connectivity index (χ1n) is 10.6. The van der Waals surface area contributed by atoms with E-state index >= 15 is 0 Å². The van der Waals surface area contributed by atoms with Crippen molar-refractivity contribution >= 4 is 63.1 Å². The summed E-state index contributed by atoms with van der Waals surface area (Å²) in [5, 5.41) is 11.9. The lowest BCUT2D eigenvalue weighted by Crippen LogP contribution is -2.29. The van der Waals surface area contributed by atoms with Crippen LogP contribution in [0.1, 0.15) is 38.1 Å². The molecule has 0 bridgehead atoms. The minimum atomic E-state index is -1.13. The summed E-state index contributed by atoms with van der Waals surface area (Å²) in [6.07, 6.45) is 0.